The first-order valence-electron chi connectivity index (χ1n) is 14.6. The van der Waals surface area contributed by atoms with Gasteiger partial charge in [0, 0.05) is 29.2 Å². The lowest BCUT2D eigenvalue weighted by atomic mass is 9.86. The molecule has 0 bridgehead atoms. The molecule has 0 saturated carbocycles. The van der Waals surface area contributed by atoms with Crippen molar-refractivity contribution in [2.75, 3.05) is 0 Å². The van der Waals surface area contributed by atoms with Gasteiger partial charge in [-0.2, -0.15) is 10.5 Å². The van der Waals surface area contributed by atoms with Crippen LogP contribution in [0.1, 0.15) is 54.5 Å². The van der Waals surface area contributed by atoms with Crippen molar-refractivity contribution < 1.29 is 19.0 Å². The Morgan fingerprint density at radius 3 is 1.27 bits per heavy atom. The van der Waals surface area contributed by atoms with Gasteiger partial charge in [-0.15, -0.1) is 0 Å². The van der Waals surface area contributed by atoms with Crippen molar-refractivity contribution in [1.29, 1.82) is 10.5 Å². The van der Waals surface area contributed by atoms with Crippen LogP contribution in [0.3, 0.4) is 0 Å². The number of nitrogens with zero attached hydrogens (tertiary/aromatic N) is 2. The van der Waals surface area contributed by atoms with Crippen molar-refractivity contribution in [2.45, 2.75) is 37.9 Å². The summed E-state index contributed by atoms with van der Waals surface area (Å²) in [6.07, 6.45) is 0. The average molecular weight is 593 g/mol. The highest BCUT2D eigenvalue weighted by Gasteiger charge is 2.39. The van der Waals surface area contributed by atoms with Crippen LogP contribution >= 0.6 is 0 Å². The minimum Gasteiger partial charge on any atom is -0.464 e. The number of esters is 1. The Morgan fingerprint density at radius 2 is 0.911 bits per heavy atom. The SMILES string of the molecule is CC(=O)Oc1ccc([C@](C#N)(Oc2ccc([C@@](C#N)(Oc3ccc(C(C)C)cc3)c3ccccc3)cc2)c2ccccc2)cc1. The molecule has 0 aliphatic carbocycles. The molecular weight excluding hydrogens is 560 g/mol. The normalized spacial score (nSPS) is 13.4. The number of carbonyl (C=O) groups excluding carboxylic acids is 1. The maximum absolute atomic E-state index is 11.4. The van der Waals surface area contributed by atoms with Gasteiger partial charge in [-0.25, -0.2) is 0 Å². The summed E-state index contributed by atoms with van der Waals surface area (Å²) < 4.78 is 18.2. The number of carbonyl (C=O) groups is 1. The van der Waals surface area contributed by atoms with E-state index in [9.17, 15) is 15.3 Å². The Morgan fingerprint density at radius 1 is 0.556 bits per heavy atom. The first-order valence-corrected chi connectivity index (χ1v) is 14.6. The summed E-state index contributed by atoms with van der Waals surface area (Å²) in [4.78, 5) is 11.4. The summed E-state index contributed by atoms with van der Waals surface area (Å²) in [5.41, 5.74) is 0.671. The quantitative estimate of drug-likeness (QED) is 0.119. The lowest BCUT2D eigenvalue weighted by Gasteiger charge is -2.31. The fraction of sp³-hybridized carbons (Fsp3) is 0.154. The van der Waals surface area contributed by atoms with Crippen molar-refractivity contribution in [2.24, 2.45) is 0 Å². The topological polar surface area (TPSA) is 92.3 Å². The fourth-order valence-corrected chi connectivity index (χ4v) is 5.17. The second-order valence-electron chi connectivity index (χ2n) is 10.9. The molecule has 5 aromatic rings. The van der Waals surface area contributed by atoms with Gasteiger partial charge in [0.25, 0.3) is 0 Å². The third kappa shape index (κ3) is 6.42. The van der Waals surface area contributed by atoms with Gasteiger partial charge in [-0.1, -0.05) is 86.6 Å². The summed E-state index contributed by atoms with van der Waals surface area (Å²) in [7, 11) is 0. The van der Waals surface area contributed by atoms with E-state index in [0.29, 0.717) is 45.4 Å². The zero-order valence-electron chi connectivity index (χ0n) is 25.3. The van der Waals surface area contributed by atoms with Crippen LogP contribution < -0.4 is 14.2 Å². The molecule has 0 fully saturated rings. The van der Waals surface area contributed by atoms with Crippen LogP contribution in [-0.2, 0) is 16.0 Å². The second kappa shape index (κ2) is 13.2. The summed E-state index contributed by atoms with van der Waals surface area (Å²) >= 11 is 0. The highest BCUT2D eigenvalue weighted by molar-refractivity contribution is 5.69. The van der Waals surface area contributed by atoms with E-state index in [1.807, 2.05) is 84.9 Å². The monoisotopic (exact) mass is 592 g/mol. The number of hydrogen-bond donors (Lipinski definition) is 0. The van der Waals surface area contributed by atoms with Crippen molar-refractivity contribution in [3.63, 3.8) is 0 Å². The number of benzene rings is 5. The number of rotatable bonds is 10. The Bertz CT molecular complexity index is 1820. The summed E-state index contributed by atoms with van der Waals surface area (Å²) in [5.74, 6) is 1.27. The van der Waals surface area contributed by atoms with E-state index < -0.39 is 17.2 Å². The molecule has 6 heteroatoms. The molecule has 0 heterocycles. The molecule has 0 saturated heterocycles. The lowest BCUT2D eigenvalue weighted by Crippen LogP contribution is -2.34. The van der Waals surface area contributed by atoms with Gasteiger partial charge in [0.1, 0.15) is 29.4 Å². The highest BCUT2D eigenvalue weighted by Crippen LogP contribution is 2.39. The highest BCUT2D eigenvalue weighted by atomic mass is 16.5. The van der Waals surface area contributed by atoms with Crippen molar-refractivity contribution in [3.8, 4) is 29.4 Å². The predicted molar refractivity (Wildman–Crippen MR) is 172 cm³/mol. The zero-order chi connectivity index (χ0) is 31.9. The van der Waals surface area contributed by atoms with Gasteiger partial charge < -0.3 is 14.2 Å². The molecule has 0 radical (unpaired) electrons. The van der Waals surface area contributed by atoms with Gasteiger partial charge >= 0.3 is 5.97 Å². The smallest absolute Gasteiger partial charge is 0.308 e. The molecule has 0 amide bonds. The van der Waals surface area contributed by atoms with E-state index in [1.165, 1.54) is 12.5 Å². The third-order valence-corrected chi connectivity index (χ3v) is 7.55. The van der Waals surface area contributed by atoms with Crippen molar-refractivity contribution in [3.05, 3.63) is 161 Å². The fourth-order valence-electron chi connectivity index (χ4n) is 5.17. The van der Waals surface area contributed by atoms with E-state index in [2.05, 4.69) is 26.0 Å². The zero-order valence-corrected chi connectivity index (χ0v) is 25.3. The maximum Gasteiger partial charge on any atom is 0.308 e. The first-order chi connectivity index (χ1) is 21.8. The Kier molecular flexibility index (Phi) is 8.98. The number of ether oxygens (including phenoxy) is 3. The van der Waals surface area contributed by atoms with E-state index in [4.69, 9.17) is 14.2 Å². The molecular formula is C39H32N2O4. The van der Waals surface area contributed by atoms with Gasteiger partial charge in [0.05, 0.1) is 0 Å². The molecule has 5 rings (SSSR count). The van der Waals surface area contributed by atoms with Crippen LogP contribution in [0.4, 0.5) is 0 Å². The molecule has 5 aromatic carbocycles. The Balaban J connectivity index is 1.54. The van der Waals surface area contributed by atoms with E-state index >= 15 is 0 Å². The predicted octanol–water partition coefficient (Wildman–Crippen LogP) is 8.43. The molecule has 6 nitrogen and oxygen atoms in total. The van der Waals surface area contributed by atoms with Crippen molar-refractivity contribution in [1.82, 2.24) is 0 Å². The third-order valence-electron chi connectivity index (χ3n) is 7.55. The van der Waals surface area contributed by atoms with Gasteiger partial charge in [0.15, 0.2) is 0 Å². The molecule has 222 valence electrons. The molecule has 0 N–H and O–H groups in total. The minimum absolute atomic E-state index is 0.364. The summed E-state index contributed by atoms with van der Waals surface area (Å²) in [6.45, 7) is 5.58. The molecule has 2 atom stereocenters. The van der Waals surface area contributed by atoms with Crippen molar-refractivity contribution >= 4 is 5.97 Å². The van der Waals surface area contributed by atoms with Crippen LogP contribution in [0.2, 0.25) is 0 Å². The first kappa shape index (κ1) is 30.6. The molecule has 0 spiro atoms. The van der Waals surface area contributed by atoms with Gasteiger partial charge in [0.2, 0.25) is 11.2 Å². The van der Waals surface area contributed by atoms with E-state index in [1.54, 1.807) is 48.5 Å². The van der Waals surface area contributed by atoms with E-state index in [0.717, 1.165) is 0 Å². The van der Waals surface area contributed by atoms with Crippen LogP contribution in [0.5, 0.6) is 17.2 Å². The average Bonchev–Trinajstić information content (AvgIpc) is 3.08. The Hall–Kier alpha value is -5.85. The molecule has 0 aromatic heterocycles. The van der Waals surface area contributed by atoms with E-state index in [-0.39, 0.29) is 0 Å². The molecule has 0 unspecified atom stereocenters. The number of hydrogen-bond acceptors (Lipinski definition) is 6. The maximum atomic E-state index is 11.4. The minimum atomic E-state index is -1.52. The van der Waals surface area contributed by atoms with Gasteiger partial charge in [-0.3, -0.25) is 4.79 Å². The Labute approximate surface area is 263 Å². The van der Waals surface area contributed by atoms with Gasteiger partial charge in [-0.05, 0) is 72.1 Å². The second-order valence-corrected chi connectivity index (χ2v) is 10.9. The molecule has 45 heavy (non-hydrogen) atoms. The molecule has 0 aliphatic heterocycles. The standard InChI is InChI=1S/C39H32N2O4/c1-28(2)30-14-20-36(21-15-30)44-39(27-41,32-12-8-5-9-13-32)34-18-24-37(25-19-34)45-38(26-40,31-10-6-4-7-11-31)33-16-22-35(23-17-33)43-29(3)42/h4-25,28H,1-3H3/t38-,39+/m1/s1. The largest absolute Gasteiger partial charge is 0.464 e. The molecule has 0 aliphatic rings. The lowest BCUT2D eigenvalue weighted by molar-refractivity contribution is -0.131. The summed E-state index contributed by atoms with van der Waals surface area (Å²) in [6, 6.07) is 44.9. The number of nitriles is 2. The van der Waals surface area contributed by atoms with Crippen LogP contribution in [0, 0.1) is 22.7 Å². The summed E-state index contributed by atoms with van der Waals surface area (Å²) in [5, 5.41) is 21.3. The van der Waals surface area contributed by atoms with Crippen LogP contribution in [0.25, 0.3) is 0 Å². The van der Waals surface area contributed by atoms with Crippen LogP contribution in [0.15, 0.2) is 133 Å². The van der Waals surface area contributed by atoms with Crippen LogP contribution in [-0.4, -0.2) is 5.97 Å².